The maximum absolute atomic E-state index is 9.96. The molecule has 0 unspecified atom stereocenters. The third-order valence-electron chi connectivity index (χ3n) is 1.81. The Morgan fingerprint density at radius 2 is 2.29 bits per heavy atom. The van der Waals surface area contributed by atoms with Crippen LogP contribution in [0.25, 0.3) is 0 Å². The summed E-state index contributed by atoms with van der Waals surface area (Å²) in [5, 5.41) is 11.1. The molecule has 0 radical (unpaired) electrons. The highest BCUT2D eigenvalue weighted by Gasteiger charge is 1.93. The summed E-state index contributed by atoms with van der Waals surface area (Å²) in [5.41, 5.74) is 0. The monoisotopic (exact) mass is 200 g/mol. The van der Waals surface area contributed by atoms with Crippen molar-refractivity contribution in [3.8, 4) is 0 Å². The topological polar surface area (TPSA) is 61.7 Å². The summed E-state index contributed by atoms with van der Waals surface area (Å²) in [6, 6.07) is 0. The molecule has 0 saturated carbocycles. The largest absolute Gasteiger partial charge is 0.481 e. The average molecular weight is 200 g/mol. The van der Waals surface area contributed by atoms with Crippen molar-refractivity contribution in [1.82, 2.24) is 5.32 Å². The lowest BCUT2D eigenvalue weighted by Gasteiger charge is -1.92. The van der Waals surface area contributed by atoms with E-state index in [-0.39, 0.29) is 0 Å². The number of rotatable bonds is 5. The van der Waals surface area contributed by atoms with E-state index in [1.165, 1.54) is 6.42 Å². The Hall–Kier alpha value is -1.06. The smallest absolute Gasteiger partial charge is 0.303 e. The van der Waals surface area contributed by atoms with Crippen LogP contribution >= 0.6 is 0 Å². The van der Waals surface area contributed by atoms with Gasteiger partial charge in [0.25, 0.3) is 0 Å². The van der Waals surface area contributed by atoms with Gasteiger partial charge in [0.2, 0.25) is 0 Å². The van der Waals surface area contributed by atoms with Crippen molar-refractivity contribution >= 4 is 12.3 Å². The lowest BCUT2D eigenvalue weighted by atomic mass is 10.2. The van der Waals surface area contributed by atoms with E-state index < -0.39 is 5.97 Å². The molecule has 1 aliphatic rings. The van der Waals surface area contributed by atoms with E-state index in [0.717, 1.165) is 32.4 Å². The van der Waals surface area contributed by atoms with Gasteiger partial charge in [0, 0.05) is 13.0 Å². The molecular formula is C10H20N2O2. The van der Waals surface area contributed by atoms with Crippen molar-refractivity contribution in [2.45, 2.75) is 39.0 Å². The molecule has 2 N–H and O–H groups in total. The predicted octanol–water partition coefficient (Wildman–Crippen LogP) is 1.66. The number of aliphatic imine (C=N–C) groups is 1. The fourth-order valence-electron chi connectivity index (χ4n) is 1.03. The predicted molar refractivity (Wildman–Crippen MR) is 57.8 cm³/mol. The van der Waals surface area contributed by atoms with E-state index in [2.05, 4.69) is 17.2 Å². The molecule has 0 saturated heterocycles. The lowest BCUT2D eigenvalue weighted by molar-refractivity contribution is -0.137. The lowest BCUT2D eigenvalue weighted by Crippen LogP contribution is -2.04. The van der Waals surface area contributed by atoms with E-state index in [9.17, 15) is 4.79 Å². The van der Waals surface area contributed by atoms with Gasteiger partial charge in [0.05, 0.1) is 12.9 Å². The van der Waals surface area contributed by atoms with Crippen molar-refractivity contribution in [3.63, 3.8) is 0 Å². The van der Waals surface area contributed by atoms with Crippen LogP contribution in [0, 0.1) is 0 Å². The van der Waals surface area contributed by atoms with Gasteiger partial charge in [-0.25, -0.2) is 0 Å². The van der Waals surface area contributed by atoms with Crippen LogP contribution in [0.1, 0.15) is 39.0 Å². The number of aliphatic carboxylic acids is 1. The van der Waals surface area contributed by atoms with E-state index in [0.29, 0.717) is 6.42 Å². The first kappa shape index (κ1) is 12.9. The minimum Gasteiger partial charge on any atom is -0.481 e. The van der Waals surface area contributed by atoms with Crippen LogP contribution < -0.4 is 5.32 Å². The van der Waals surface area contributed by atoms with E-state index in [4.69, 9.17) is 5.11 Å². The molecule has 0 fully saturated rings. The minimum absolute atomic E-state index is 0.333. The van der Waals surface area contributed by atoms with Crippen LogP contribution in [-0.4, -0.2) is 30.5 Å². The van der Waals surface area contributed by atoms with E-state index >= 15 is 0 Å². The molecule has 1 aliphatic heterocycles. The highest BCUT2D eigenvalue weighted by Crippen LogP contribution is 2.01. The third kappa shape index (κ3) is 10.9. The standard InChI is InChI=1S/C7H14O2.C3H6N2/c1-2-3-4-5-6-7(8)9;1-2-5-3-4-1/h2-6H2,1H3,(H,8,9);3H,1-2H2,(H,4,5). The third-order valence-corrected chi connectivity index (χ3v) is 1.81. The second-order valence-corrected chi connectivity index (χ2v) is 3.19. The average Bonchev–Trinajstić information content (AvgIpc) is 2.70. The van der Waals surface area contributed by atoms with E-state index in [1.807, 2.05) is 0 Å². The molecule has 0 aromatic carbocycles. The number of nitrogens with zero attached hydrogens (tertiary/aromatic N) is 1. The number of unbranched alkanes of at least 4 members (excludes halogenated alkanes) is 3. The first-order chi connectivity index (χ1) is 6.77. The summed E-state index contributed by atoms with van der Waals surface area (Å²) >= 11 is 0. The molecule has 0 aromatic rings. The van der Waals surface area contributed by atoms with Crippen LogP contribution in [0.3, 0.4) is 0 Å². The van der Waals surface area contributed by atoms with Gasteiger partial charge in [0.15, 0.2) is 0 Å². The number of hydrogen-bond acceptors (Lipinski definition) is 3. The van der Waals surface area contributed by atoms with Crippen molar-refractivity contribution in [3.05, 3.63) is 0 Å². The van der Waals surface area contributed by atoms with Gasteiger partial charge >= 0.3 is 5.97 Å². The fraction of sp³-hybridized carbons (Fsp3) is 0.800. The molecule has 0 amide bonds. The minimum atomic E-state index is -0.675. The molecule has 82 valence electrons. The molecule has 14 heavy (non-hydrogen) atoms. The van der Waals surface area contributed by atoms with Gasteiger partial charge in [-0.1, -0.05) is 26.2 Å². The molecule has 0 atom stereocenters. The maximum Gasteiger partial charge on any atom is 0.303 e. The fourth-order valence-corrected chi connectivity index (χ4v) is 1.03. The quantitative estimate of drug-likeness (QED) is 0.663. The summed E-state index contributed by atoms with van der Waals surface area (Å²) in [4.78, 5) is 13.8. The summed E-state index contributed by atoms with van der Waals surface area (Å²) in [6.07, 6.45) is 6.29. The zero-order valence-electron chi connectivity index (χ0n) is 8.83. The molecule has 0 aliphatic carbocycles. The Morgan fingerprint density at radius 3 is 2.64 bits per heavy atom. The molecule has 4 nitrogen and oxygen atoms in total. The molecule has 4 heteroatoms. The maximum atomic E-state index is 9.96. The normalized spacial score (nSPS) is 12.9. The van der Waals surface area contributed by atoms with Crippen LogP contribution in [-0.2, 0) is 4.79 Å². The zero-order chi connectivity index (χ0) is 10.6. The highest BCUT2D eigenvalue weighted by atomic mass is 16.4. The van der Waals surface area contributed by atoms with Crippen LogP contribution in [0.5, 0.6) is 0 Å². The number of hydrogen-bond donors (Lipinski definition) is 2. The Morgan fingerprint density at radius 1 is 1.50 bits per heavy atom. The van der Waals surface area contributed by atoms with Crippen LogP contribution in [0.2, 0.25) is 0 Å². The van der Waals surface area contributed by atoms with Gasteiger partial charge in [-0.2, -0.15) is 0 Å². The van der Waals surface area contributed by atoms with Crippen molar-refractivity contribution < 1.29 is 9.90 Å². The molecule has 1 rings (SSSR count). The Bertz CT molecular complexity index is 164. The summed E-state index contributed by atoms with van der Waals surface area (Å²) in [6.45, 7) is 4.10. The molecule has 0 bridgehead atoms. The molecule has 1 heterocycles. The highest BCUT2D eigenvalue weighted by molar-refractivity contribution is 5.66. The number of carboxylic acid groups (broad SMARTS) is 1. The number of carboxylic acids is 1. The summed E-state index contributed by atoms with van der Waals surface area (Å²) in [5.74, 6) is -0.675. The van der Waals surface area contributed by atoms with Gasteiger partial charge < -0.3 is 10.4 Å². The van der Waals surface area contributed by atoms with Gasteiger partial charge in [-0.3, -0.25) is 9.79 Å². The van der Waals surface area contributed by atoms with Gasteiger partial charge in [0.1, 0.15) is 0 Å². The van der Waals surface area contributed by atoms with E-state index in [1.54, 1.807) is 6.34 Å². The molecule has 0 aromatic heterocycles. The Kier molecular flexibility index (Phi) is 9.26. The van der Waals surface area contributed by atoms with Crippen LogP contribution in [0.4, 0.5) is 0 Å². The number of carbonyl (C=O) groups is 1. The first-order valence-electron chi connectivity index (χ1n) is 5.21. The Balaban J connectivity index is 0.000000280. The van der Waals surface area contributed by atoms with Gasteiger partial charge in [-0.05, 0) is 6.42 Å². The van der Waals surface area contributed by atoms with Crippen molar-refractivity contribution in [2.75, 3.05) is 13.1 Å². The van der Waals surface area contributed by atoms with Crippen molar-refractivity contribution in [2.24, 2.45) is 4.99 Å². The SMILES string of the molecule is C1=NCCN1.CCCCCCC(=O)O. The second kappa shape index (κ2) is 10.0. The molecule has 0 spiro atoms. The zero-order valence-corrected chi connectivity index (χ0v) is 8.83. The number of nitrogens with one attached hydrogen (secondary N) is 1. The van der Waals surface area contributed by atoms with Crippen LogP contribution in [0.15, 0.2) is 4.99 Å². The second-order valence-electron chi connectivity index (χ2n) is 3.19. The summed E-state index contributed by atoms with van der Waals surface area (Å²) in [7, 11) is 0. The van der Waals surface area contributed by atoms with Crippen molar-refractivity contribution in [1.29, 1.82) is 0 Å². The Labute approximate surface area is 85.4 Å². The van der Waals surface area contributed by atoms with Gasteiger partial charge in [-0.15, -0.1) is 0 Å². The first-order valence-corrected chi connectivity index (χ1v) is 5.21. The summed E-state index contributed by atoms with van der Waals surface area (Å²) < 4.78 is 0. The molecular weight excluding hydrogens is 180 g/mol.